The van der Waals surface area contributed by atoms with Crippen molar-refractivity contribution >= 4 is 78.7 Å². The van der Waals surface area contributed by atoms with Crippen LogP contribution >= 0.6 is 34.7 Å². The lowest BCUT2D eigenvalue weighted by molar-refractivity contribution is -0.116. The molecule has 2 aromatic carbocycles. The van der Waals surface area contributed by atoms with E-state index in [9.17, 15) is 13.2 Å². The Hall–Kier alpha value is -3.50. The molecule has 3 N–H and O–H groups in total. The molecule has 4 rings (SSSR count). The number of sulfone groups is 1. The molecule has 0 aliphatic rings. The molecule has 0 fully saturated rings. The number of methoxy groups -OCH3 is 1. The van der Waals surface area contributed by atoms with Gasteiger partial charge in [-0.05, 0) is 58.3 Å². The number of aromatic nitrogens is 4. The van der Waals surface area contributed by atoms with Gasteiger partial charge in [-0.1, -0.05) is 46.8 Å². The van der Waals surface area contributed by atoms with Gasteiger partial charge in [0.1, 0.15) is 10.8 Å². The summed E-state index contributed by atoms with van der Waals surface area (Å²) in [5, 5.41) is 17.1. The monoisotopic (exact) mass is 648 g/mol. The Morgan fingerprint density at radius 3 is 2.60 bits per heavy atom. The number of para-hydroxylation sites is 1. The normalized spacial score (nSPS) is 11.5. The number of nitrogens with zero attached hydrogens (tertiary/aromatic N) is 5. The number of hydrogen-bond donors (Lipinski definition) is 3. The van der Waals surface area contributed by atoms with E-state index in [0.717, 1.165) is 4.90 Å². The molecular formula is C26H29ClN8O4S3. The minimum Gasteiger partial charge on any atom is -0.495 e. The van der Waals surface area contributed by atoms with Gasteiger partial charge in [0.25, 0.3) is 0 Å². The Labute approximate surface area is 257 Å². The number of likely N-dealkylation sites (N-methyl/N-ethyl adjacent to an activating group) is 1. The van der Waals surface area contributed by atoms with Crippen molar-refractivity contribution in [3.05, 3.63) is 53.7 Å². The molecular weight excluding hydrogens is 620 g/mol. The van der Waals surface area contributed by atoms with Crippen molar-refractivity contribution < 1.29 is 17.9 Å². The third kappa shape index (κ3) is 7.86. The first-order valence-electron chi connectivity index (χ1n) is 12.5. The standard InChI is InChI=1S/C26H29ClN8O4S3/c1-15(2)42(37,38)21-9-7-6-8-19(21)29-23-17(27)13-28-24(32-23)30-18-11-10-16(12-20(18)39-5)40-26-34-33-25(41-26)31-22(36)14-35(3)4/h6-13,15H,14H2,1-5H3,(H,31,33,36)(H2,28,29,30,32). The first kappa shape index (κ1) is 31.4. The fourth-order valence-electron chi connectivity index (χ4n) is 3.52. The molecule has 0 aliphatic carbocycles. The van der Waals surface area contributed by atoms with Gasteiger partial charge in [-0.15, -0.1) is 10.2 Å². The van der Waals surface area contributed by atoms with Crippen molar-refractivity contribution in [1.82, 2.24) is 25.1 Å². The smallest absolute Gasteiger partial charge is 0.240 e. The number of amides is 1. The maximum absolute atomic E-state index is 12.9. The van der Waals surface area contributed by atoms with Crippen LogP contribution in [0.2, 0.25) is 5.02 Å². The summed E-state index contributed by atoms with van der Waals surface area (Å²) < 4.78 is 32.0. The highest BCUT2D eigenvalue weighted by molar-refractivity contribution is 8.01. The van der Waals surface area contributed by atoms with Crippen molar-refractivity contribution in [2.75, 3.05) is 43.7 Å². The minimum atomic E-state index is -3.55. The Morgan fingerprint density at radius 1 is 1.12 bits per heavy atom. The molecule has 2 aromatic heterocycles. The zero-order valence-corrected chi connectivity index (χ0v) is 26.6. The van der Waals surface area contributed by atoms with E-state index < -0.39 is 15.1 Å². The zero-order chi connectivity index (χ0) is 30.4. The van der Waals surface area contributed by atoms with Crippen molar-refractivity contribution in [1.29, 1.82) is 0 Å². The first-order chi connectivity index (χ1) is 20.0. The van der Waals surface area contributed by atoms with Crippen LogP contribution in [0.15, 0.2) is 62.8 Å². The SMILES string of the molecule is COc1cc(Sc2nnc(NC(=O)CN(C)C)s2)ccc1Nc1ncc(Cl)c(Nc2ccccc2S(=O)(=O)C(C)C)n1. The van der Waals surface area contributed by atoms with Gasteiger partial charge in [0.05, 0.1) is 41.4 Å². The fourth-order valence-corrected chi connectivity index (χ4v) is 6.63. The number of nitrogens with one attached hydrogen (secondary N) is 3. The third-order valence-corrected chi connectivity index (χ3v) is 9.91. The quantitative estimate of drug-likeness (QED) is 0.171. The molecule has 4 aromatic rings. The Bertz CT molecular complexity index is 1680. The van der Waals surface area contributed by atoms with Gasteiger partial charge in [0, 0.05) is 4.90 Å². The predicted octanol–water partition coefficient (Wildman–Crippen LogP) is 5.31. The summed E-state index contributed by atoms with van der Waals surface area (Å²) in [5.41, 5.74) is 0.945. The highest BCUT2D eigenvalue weighted by atomic mass is 35.5. The van der Waals surface area contributed by atoms with Crippen molar-refractivity contribution in [2.24, 2.45) is 0 Å². The summed E-state index contributed by atoms with van der Waals surface area (Å²) >= 11 is 9.00. The summed E-state index contributed by atoms with van der Waals surface area (Å²) in [6, 6.07) is 12.1. The van der Waals surface area contributed by atoms with E-state index in [1.54, 1.807) is 56.2 Å². The van der Waals surface area contributed by atoms with Gasteiger partial charge >= 0.3 is 0 Å². The number of carbonyl (C=O) groups is 1. The largest absolute Gasteiger partial charge is 0.495 e. The summed E-state index contributed by atoms with van der Waals surface area (Å²) in [6.45, 7) is 3.50. The van der Waals surface area contributed by atoms with Gasteiger partial charge in [0.2, 0.25) is 17.0 Å². The van der Waals surface area contributed by atoms with Crippen LogP contribution in [-0.2, 0) is 14.6 Å². The molecule has 0 aliphatic heterocycles. The summed E-state index contributed by atoms with van der Waals surface area (Å²) in [7, 11) is 1.61. The lowest BCUT2D eigenvalue weighted by Crippen LogP contribution is -2.26. The second kappa shape index (κ2) is 13.6. The molecule has 0 unspecified atom stereocenters. The summed E-state index contributed by atoms with van der Waals surface area (Å²) in [5.74, 6) is 0.798. The molecule has 0 saturated heterocycles. The maximum Gasteiger partial charge on any atom is 0.240 e. The third-order valence-electron chi connectivity index (χ3n) is 5.55. The number of anilines is 5. The van der Waals surface area contributed by atoms with Crippen LogP contribution in [0.4, 0.5) is 28.3 Å². The molecule has 1 amide bonds. The fraction of sp³-hybridized carbons (Fsp3) is 0.269. The van der Waals surface area contributed by atoms with E-state index in [4.69, 9.17) is 16.3 Å². The van der Waals surface area contributed by atoms with Crippen LogP contribution in [0.1, 0.15) is 13.8 Å². The average Bonchev–Trinajstić information content (AvgIpc) is 3.37. The van der Waals surface area contributed by atoms with Crippen molar-refractivity contribution in [2.45, 2.75) is 33.2 Å². The molecule has 0 spiro atoms. The second-order valence-electron chi connectivity index (χ2n) is 9.35. The molecule has 42 heavy (non-hydrogen) atoms. The Balaban J connectivity index is 1.50. The molecule has 16 heteroatoms. The summed E-state index contributed by atoms with van der Waals surface area (Å²) in [6.07, 6.45) is 1.42. The molecule has 222 valence electrons. The molecule has 12 nitrogen and oxygen atoms in total. The second-order valence-corrected chi connectivity index (χ2v) is 14.5. The van der Waals surface area contributed by atoms with Crippen LogP contribution < -0.4 is 20.7 Å². The van der Waals surface area contributed by atoms with E-state index in [0.29, 0.717) is 26.6 Å². The van der Waals surface area contributed by atoms with Crippen molar-refractivity contribution in [3.63, 3.8) is 0 Å². The van der Waals surface area contributed by atoms with Crippen LogP contribution in [0, 0.1) is 0 Å². The van der Waals surface area contributed by atoms with Crippen LogP contribution in [-0.4, -0.2) is 72.4 Å². The Kier molecular flexibility index (Phi) is 10.2. The number of ether oxygens (including phenoxy) is 1. The zero-order valence-electron chi connectivity index (χ0n) is 23.4. The number of carbonyl (C=O) groups excluding carboxylic acids is 1. The topological polar surface area (TPSA) is 151 Å². The number of benzene rings is 2. The summed E-state index contributed by atoms with van der Waals surface area (Å²) in [4.78, 5) is 23.5. The number of rotatable bonds is 12. The Morgan fingerprint density at radius 2 is 1.88 bits per heavy atom. The van der Waals surface area contributed by atoms with Crippen LogP contribution in [0.3, 0.4) is 0 Å². The average molecular weight is 649 g/mol. The number of halogens is 1. The van der Waals surface area contributed by atoms with Gasteiger partial charge in [-0.25, -0.2) is 13.4 Å². The molecule has 2 heterocycles. The minimum absolute atomic E-state index is 0.150. The van der Waals surface area contributed by atoms with E-state index >= 15 is 0 Å². The lowest BCUT2D eigenvalue weighted by Gasteiger charge is -2.16. The van der Waals surface area contributed by atoms with Gasteiger partial charge < -0.3 is 20.3 Å². The molecule has 0 atom stereocenters. The van der Waals surface area contributed by atoms with E-state index in [-0.39, 0.29) is 34.1 Å². The van der Waals surface area contributed by atoms with E-state index in [2.05, 4.69) is 36.1 Å². The molecule has 0 radical (unpaired) electrons. The predicted molar refractivity (Wildman–Crippen MR) is 167 cm³/mol. The highest BCUT2D eigenvalue weighted by Crippen LogP contribution is 2.37. The van der Waals surface area contributed by atoms with E-state index in [1.807, 2.05) is 26.2 Å². The van der Waals surface area contributed by atoms with Crippen LogP contribution in [0.25, 0.3) is 0 Å². The van der Waals surface area contributed by atoms with Gasteiger partial charge in [0.15, 0.2) is 20.0 Å². The van der Waals surface area contributed by atoms with Crippen molar-refractivity contribution in [3.8, 4) is 5.75 Å². The van der Waals surface area contributed by atoms with Crippen LogP contribution in [0.5, 0.6) is 5.75 Å². The maximum atomic E-state index is 12.9. The van der Waals surface area contributed by atoms with Gasteiger partial charge in [-0.3, -0.25) is 10.1 Å². The molecule has 0 bridgehead atoms. The first-order valence-corrected chi connectivity index (χ1v) is 16.1. The lowest BCUT2D eigenvalue weighted by atomic mass is 10.3. The molecule has 0 saturated carbocycles. The number of hydrogen-bond acceptors (Lipinski definition) is 13. The highest BCUT2D eigenvalue weighted by Gasteiger charge is 2.23. The van der Waals surface area contributed by atoms with E-state index in [1.165, 1.54) is 29.3 Å². The van der Waals surface area contributed by atoms with Gasteiger partial charge in [-0.2, -0.15) is 4.98 Å².